The Morgan fingerprint density at radius 2 is 1.79 bits per heavy atom. The zero-order valence-electron chi connectivity index (χ0n) is 21.1. The predicted molar refractivity (Wildman–Crippen MR) is 134 cm³/mol. The Balaban J connectivity index is 1.68. The van der Waals surface area contributed by atoms with Gasteiger partial charge in [0.15, 0.2) is 0 Å². The quantitative estimate of drug-likeness (QED) is 0.419. The number of benzene rings is 1. The molecule has 3 rings (SSSR count). The molecule has 180 valence electrons. The molecule has 0 spiro atoms. The van der Waals surface area contributed by atoms with Crippen molar-refractivity contribution in [3.63, 3.8) is 0 Å². The number of esters is 1. The predicted octanol–water partition coefficient (Wildman–Crippen LogP) is 4.37. The Labute approximate surface area is 202 Å². The van der Waals surface area contributed by atoms with E-state index in [2.05, 4.69) is 45.2 Å². The number of carbonyl (C=O) groups excluding carboxylic acids is 1. The van der Waals surface area contributed by atoms with Crippen LogP contribution in [-0.2, 0) is 18.8 Å². The molecule has 1 saturated heterocycles. The van der Waals surface area contributed by atoms with E-state index in [0.717, 1.165) is 21.7 Å². The van der Waals surface area contributed by atoms with Crippen LogP contribution in [0.2, 0.25) is 0 Å². The average molecular weight is 473 g/mol. The lowest BCUT2D eigenvalue weighted by Gasteiger charge is -2.32. The number of likely N-dealkylation sites (N-methyl/N-ethyl adjacent to an activating group) is 1. The second-order valence-electron chi connectivity index (χ2n) is 10.5. The first kappa shape index (κ1) is 25.8. The summed E-state index contributed by atoms with van der Waals surface area (Å²) >= 11 is 1.66. The molecule has 2 aromatic rings. The Morgan fingerprint density at radius 1 is 1.12 bits per heavy atom. The molecule has 1 aliphatic rings. The van der Waals surface area contributed by atoms with E-state index in [1.807, 2.05) is 50.9 Å². The maximum atomic E-state index is 12.0. The van der Waals surface area contributed by atoms with E-state index in [4.69, 9.17) is 18.8 Å². The number of rotatable bonds is 8. The van der Waals surface area contributed by atoms with Crippen molar-refractivity contribution in [2.24, 2.45) is 0 Å². The van der Waals surface area contributed by atoms with Crippen molar-refractivity contribution < 1.29 is 23.6 Å². The average Bonchev–Trinajstić information content (AvgIpc) is 3.26. The molecule has 1 aliphatic heterocycles. The maximum absolute atomic E-state index is 12.0. The van der Waals surface area contributed by atoms with Gasteiger partial charge in [0.05, 0.1) is 17.7 Å². The lowest BCUT2D eigenvalue weighted by Crippen LogP contribution is -2.41. The molecular weight excluding hydrogens is 437 g/mol. The zero-order valence-corrected chi connectivity index (χ0v) is 21.9. The van der Waals surface area contributed by atoms with Crippen LogP contribution in [0.1, 0.15) is 48.5 Å². The van der Waals surface area contributed by atoms with E-state index in [0.29, 0.717) is 13.2 Å². The van der Waals surface area contributed by atoms with E-state index in [1.54, 1.807) is 11.3 Å². The molecule has 2 heterocycles. The molecule has 1 aromatic heterocycles. The number of hydrogen-bond acceptors (Lipinski definition) is 7. The summed E-state index contributed by atoms with van der Waals surface area (Å²) in [6.07, 6.45) is 0. The SMILES string of the molecule is CN(CCOc1ccc(B2OC(C)(C)C(C)(C)O2)cc1-c1cccs1)CC(=O)OC(C)(C)C. The second kappa shape index (κ2) is 9.78. The third kappa shape index (κ3) is 6.60. The number of nitrogens with zero attached hydrogens (tertiary/aromatic N) is 1. The molecule has 0 unspecified atom stereocenters. The zero-order chi connectivity index (χ0) is 24.4. The largest absolute Gasteiger partial charge is 0.494 e. The highest BCUT2D eigenvalue weighted by atomic mass is 32.1. The fourth-order valence-electron chi connectivity index (χ4n) is 3.41. The van der Waals surface area contributed by atoms with Crippen molar-refractivity contribution in [2.45, 2.75) is 65.3 Å². The third-order valence-corrected chi connectivity index (χ3v) is 6.77. The molecule has 0 N–H and O–H groups in total. The smallest absolute Gasteiger partial charge is 0.492 e. The summed E-state index contributed by atoms with van der Waals surface area (Å²) < 4.78 is 24.0. The fraction of sp³-hybridized carbons (Fsp3) is 0.560. The molecule has 8 heteroatoms. The van der Waals surface area contributed by atoms with Crippen LogP contribution in [0, 0.1) is 0 Å². The van der Waals surface area contributed by atoms with Crippen molar-refractivity contribution in [1.82, 2.24) is 4.90 Å². The highest BCUT2D eigenvalue weighted by molar-refractivity contribution is 7.13. The Hall–Kier alpha value is -1.87. The van der Waals surface area contributed by atoms with Crippen LogP contribution in [0.5, 0.6) is 5.75 Å². The summed E-state index contributed by atoms with van der Waals surface area (Å²) in [4.78, 5) is 15.1. The van der Waals surface area contributed by atoms with Crippen molar-refractivity contribution in [2.75, 3.05) is 26.7 Å². The third-order valence-electron chi connectivity index (χ3n) is 5.87. The summed E-state index contributed by atoms with van der Waals surface area (Å²) in [6, 6.07) is 10.2. The van der Waals surface area contributed by atoms with Crippen LogP contribution in [-0.4, -0.2) is 61.5 Å². The summed E-state index contributed by atoms with van der Waals surface area (Å²) in [5, 5.41) is 2.05. The van der Waals surface area contributed by atoms with Crippen molar-refractivity contribution in [3.8, 4) is 16.2 Å². The first-order chi connectivity index (χ1) is 15.3. The lowest BCUT2D eigenvalue weighted by atomic mass is 9.78. The molecule has 0 saturated carbocycles. The topological polar surface area (TPSA) is 57.2 Å². The van der Waals surface area contributed by atoms with E-state index < -0.39 is 23.9 Å². The van der Waals surface area contributed by atoms with Crippen molar-refractivity contribution in [1.29, 1.82) is 0 Å². The summed E-state index contributed by atoms with van der Waals surface area (Å²) in [6.45, 7) is 15.1. The van der Waals surface area contributed by atoms with Gasteiger partial charge in [-0.2, -0.15) is 0 Å². The Kier molecular flexibility index (Phi) is 7.63. The van der Waals surface area contributed by atoms with E-state index >= 15 is 0 Å². The number of ether oxygens (including phenoxy) is 2. The van der Waals surface area contributed by atoms with Crippen LogP contribution >= 0.6 is 11.3 Å². The Bertz CT molecular complexity index is 936. The molecule has 0 atom stereocenters. The number of thiophene rings is 1. The summed E-state index contributed by atoms with van der Waals surface area (Å²) in [7, 11) is 1.46. The molecule has 1 aromatic carbocycles. The molecule has 33 heavy (non-hydrogen) atoms. The van der Waals surface area contributed by atoms with Gasteiger partial charge in [-0.3, -0.25) is 9.69 Å². The minimum absolute atomic E-state index is 0.222. The van der Waals surface area contributed by atoms with Gasteiger partial charge in [0.2, 0.25) is 0 Å². The summed E-state index contributed by atoms with van der Waals surface area (Å²) in [5.41, 5.74) is 0.699. The van der Waals surface area contributed by atoms with Gasteiger partial charge in [0.1, 0.15) is 18.0 Å². The Morgan fingerprint density at radius 3 is 2.36 bits per heavy atom. The molecule has 0 bridgehead atoms. The second-order valence-corrected chi connectivity index (χ2v) is 11.4. The van der Waals surface area contributed by atoms with Gasteiger partial charge in [-0.05, 0) is 78.5 Å². The van der Waals surface area contributed by atoms with Gasteiger partial charge < -0.3 is 18.8 Å². The van der Waals surface area contributed by atoms with Crippen molar-refractivity contribution in [3.05, 3.63) is 35.7 Å². The van der Waals surface area contributed by atoms with Crippen LogP contribution in [0.25, 0.3) is 10.4 Å². The molecule has 0 radical (unpaired) electrons. The molecule has 0 aliphatic carbocycles. The van der Waals surface area contributed by atoms with Crippen molar-refractivity contribution >= 4 is 29.9 Å². The standard InChI is InChI=1S/C25H36BNO5S/c1-23(2,3)30-22(28)17-27(8)13-14-29-20-12-11-18(16-19(20)21-10-9-15-33-21)26-31-24(4,5)25(6,7)32-26/h9-12,15-16H,13-14,17H2,1-8H3. The summed E-state index contributed by atoms with van der Waals surface area (Å²) in [5.74, 6) is 0.555. The first-order valence-corrected chi connectivity index (χ1v) is 12.2. The maximum Gasteiger partial charge on any atom is 0.494 e. The normalized spacial score (nSPS) is 17.4. The van der Waals surface area contributed by atoms with Gasteiger partial charge in [-0.25, -0.2) is 0 Å². The minimum Gasteiger partial charge on any atom is -0.492 e. The molecule has 6 nitrogen and oxygen atoms in total. The van der Waals surface area contributed by atoms with Gasteiger partial charge in [-0.15, -0.1) is 11.3 Å². The van der Waals surface area contributed by atoms with Crippen LogP contribution in [0.3, 0.4) is 0 Å². The monoisotopic (exact) mass is 473 g/mol. The van der Waals surface area contributed by atoms with Crippen LogP contribution in [0.15, 0.2) is 35.7 Å². The minimum atomic E-state index is -0.483. The van der Waals surface area contributed by atoms with Gasteiger partial charge in [0.25, 0.3) is 0 Å². The van der Waals surface area contributed by atoms with Crippen LogP contribution in [0.4, 0.5) is 0 Å². The molecular formula is C25H36BNO5S. The highest BCUT2D eigenvalue weighted by Crippen LogP contribution is 2.38. The van der Waals surface area contributed by atoms with Crippen LogP contribution < -0.4 is 10.2 Å². The lowest BCUT2D eigenvalue weighted by molar-refractivity contribution is -0.155. The first-order valence-electron chi connectivity index (χ1n) is 11.3. The highest BCUT2D eigenvalue weighted by Gasteiger charge is 2.51. The number of carbonyl (C=O) groups is 1. The van der Waals surface area contributed by atoms with E-state index in [-0.39, 0.29) is 12.5 Å². The van der Waals surface area contributed by atoms with Gasteiger partial charge >= 0.3 is 13.1 Å². The molecule has 0 amide bonds. The van der Waals surface area contributed by atoms with Gasteiger partial charge in [-0.1, -0.05) is 18.2 Å². The number of hydrogen-bond donors (Lipinski definition) is 0. The van der Waals surface area contributed by atoms with Gasteiger partial charge in [0, 0.05) is 17.0 Å². The fourth-order valence-corrected chi connectivity index (χ4v) is 4.16. The van der Waals surface area contributed by atoms with E-state index in [1.165, 1.54) is 0 Å². The van der Waals surface area contributed by atoms with E-state index in [9.17, 15) is 4.79 Å². The molecule has 1 fully saturated rings.